The normalized spacial score (nSPS) is 10.6. The first kappa shape index (κ1) is 15.3. The van der Waals surface area contributed by atoms with Gasteiger partial charge in [0.2, 0.25) is 0 Å². The van der Waals surface area contributed by atoms with Gasteiger partial charge in [0.1, 0.15) is 0 Å². The zero-order chi connectivity index (χ0) is 10.7. The second kappa shape index (κ2) is 9.92. The minimum Gasteiger partial charge on any atom is -0.366 e. The Hall–Kier alpha value is -0.160. The molecule has 0 bridgehead atoms. The van der Waals surface area contributed by atoms with Crippen LogP contribution >= 0.6 is 0 Å². The summed E-state index contributed by atoms with van der Waals surface area (Å²) in [6.45, 7) is 6.00. The van der Waals surface area contributed by atoms with Crippen molar-refractivity contribution in [3.05, 3.63) is 0 Å². The Kier molecular flexibility index (Phi) is 11.7. The maximum Gasteiger partial charge on any atom is 0.159 e. The maximum atomic E-state index is 8.60. The molecule has 0 aliphatic carbocycles. The lowest BCUT2D eigenvalue weighted by molar-refractivity contribution is -0.155. The van der Waals surface area contributed by atoms with E-state index in [0.29, 0.717) is 6.61 Å². The quantitative estimate of drug-likeness (QED) is 0.394. The second-order valence-electron chi connectivity index (χ2n) is 3.23. The maximum absolute atomic E-state index is 8.60. The van der Waals surface area contributed by atoms with Gasteiger partial charge in [0, 0.05) is 7.11 Å². The predicted molar refractivity (Wildman–Crippen MR) is 53.0 cm³/mol. The molecule has 4 nitrogen and oxygen atoms in total. The Balaban J connectivity index is 0. The average Bonchev–Trinajstić information content (AvgIpc) is 2.06. The molecule has 0 spiro atoms. The Morgan fingerprint density at radius 1 is 1.31 bits per heavy atom. The van der Waals surface area contributed by atoms with Crippen molar-refractivity contribution in [1.29, 1.82) is 0 Å². The van der Waals surface area contributed by atoms with E-state index >= 15 is 0 Å². The molecule has 0 unspecified atom stereocenters. The number of rotatable bonds is 5. The lowest BCUT2D eigenvalue weighted by Crippen LogP contribution is -2.20. The molecule has 0 aromatic rings. The molecule has 0 heterocycles. The number of nitrogens with two attached hydrogens (primary N) is 1. The van der Waals surface area contributed by atoms with Crippen LogP contribution in [0.3, 0.4) is 0 Å². The third-order valence-corrected chi connectivity index (χ3v) is 1.37. The topological polar surface area (TPSA) is 64.7 Å². The Labute approximate surface area is 81.0 Å². The summed E-state index contributed by atoms with van der Waals surface area (Å²) in [6.07, 6.45) is 3.54. The van der Waals surface area contributed by atoms with Gasteiger partial charge < -0.3 is 14.7 Å². The van der Waals surface area contributed by atoms with Gasteiger partial charge in [-0.2, -0.15) is 0 Å². The first-order valence-electron chi connectivity index (χ1n) is 4.57. The summed E-state index contributed by atoms with van der Waals surface area (Å²) in [7, 11) is 1.46. The van der Waals surface area contributed by atoms with Crippen LogP contribution in [0.15, 0.2) is 0 Å². The SMILES string of the molecule is CCCCCON.COC(C)(C)O. The summed E-state index contributed by atoms with van der Waals surface area (Å²) in [5.41, 5.74) is 0. The first-order valence-corrected chi connectivity index (χ1v) is 4.57. The molecule has 0 saturated carbocycles. The second-order valence-corrected chi connectivity index (χ2v) is 3.23. The summed E-state index contributed by atoms with van der Waals surface area (Å²) in [5, 5.41) is 8.60. The van der Waals surface area contributed by atoms with Crippen LogP contribution in [-0.4, -0.2) is 24.6 Å². The predicted octanol–water partition coefficient (Wildman–Crippen LogP) is 1.43. The fourth-order valence-electron chi connectivity index (χ4n) is 0.435. The van der Waals surface area contributed by atoms with Crippen LogP contribution in [0.4, 0.5) is 0 Å². The van der Waals surface area contributed by atoms with Gasteiger partial charge in [0.05, 0.1) is 6.61 Å². The van der Waals surface area contributed by atoms with Gasteiger partial charge in [0.25, 0.3) is 0 Å². The molecule has 0 amide bonds. The lowest BCUT2D eigenvalue weighted by Gasteiger charge is -2.12. The zero-order valence-corrected chi connectivity index (χ0v) is 9.17. The zero-order valence-electron chi connectivity index (χ0n) is 9.17. The average molecular weight is 193 g/mol. The summed E-state index contributed by atoms with van der Waals surface area (Å²) in [5.74, 6) is 3.81. The number of methoxy groups -OCH3 is 1. The van der Waals surface area contributed by atoms with E-state index in [1.54, 1.807) is 13.8 Å². The number of aliphatic hydroxyl groups is 1. The van der Waals surface area contributed by atoms with E-state index in [-0.39, 0.29) is 0 Å². The third kappa shape index (κ3) is 24.5. The molecular weight excluding hydrogens is 170 g/mol. The summed E-state index contributed by atoms with van der Waals surface area (Å²) in [4.78, 5) is 4.34. The first-order chi connectivity index (χ1) is 5.97. The van der Waals surface area contributed by atoms with Gasteiger partial charge in [-0.25, -0.2) is 5.90 Å². The van der Waals surface area contributed by atoms with Crippen molar-refractivity contribution in [1.82, 2.24) is 0 Å². The molecule has 0 aromatic carbocycles. The molecule has 0 saturated heterocycles. The van der Waals surface area contributed by atoms with E-state index in [1.807, 2.05) is 0 Å². The van der Waals surface area contributed by atoms with Crippen LogP contribution in [0.5, 0.6) is 0 Å². The number of hydrogen-bond donors (Lipinski definition) is 2. The van der Waals surface area contributed by atoms with Gasteiger partial charge in [-0.3, -0.25) is 0 Å². The lowest BCUT2D eigenvalue weighted by atomic mass is 10.3. The van der Waals surface area contributed by atoms with E-state index in [9.17, 15) is 0 Å². The molecule has 0 rings (SSSR count). The molecule has 0 aliphatic heterocycles. The Morgan fingerprint density at radius 2 is 1.77 bits per heavy atom. The fraction of sp³-hybridized carbons (Fsp3) is 1.00. The largest absolute Gasteiger partial charge is 0.366 e. The van der Waals surface area contributed by atoms with E-state index in [2.05, 4.69) is 16.5 Å². The molecule has 4 heteroatoms. The van der Waals surface area contributed by atoms with Gasteiger partial charge >= 0.3 is 0 Å². The third-order valence-electron chi connectivity index (χ3n) is 1.37. The molecule has 0 fully saturated rings. The highest BCUT2D eigenvalue weighted by atomic mass is 16.6. The minimum absolute atomic E-state index is 0.702. The molecule has 0 aliphatic rings. The highest BCUT2D eigenvalue weighted by molar-refractivity contribution is 4.42. The molecule has 82 valence electrons. The smallest absolute Gasteiger partial charge is 0.159 e. The van der Waals surface area contributed by atoms with Crippen LogP contribution in [0, 0.1) is 0 Å². The van der Waals surface area contributed by atoms with Crippen molar-refractivity contribution < 1.29 is 14.7 Å². The van der Waals surface area contributed by atoms with Crippen LogP contribution < -0.4 is 5.90 Å². The van der Waals surface area contributed by atoms with Gasteiger partial charge in [-0.15, -0.1) is 0 Å². The van der Waals surface area contributed by atoms with Crippen molar-refractivity contribution in [2.45, 2.75) is 45.8 Å². The van der Waals surface area contributed by atoms with Gasteiger partial charge in [-0.1, -0.05) is 19.8 Å². The van der Waals surface area contributed by atoms with E-state index in [1.165, 1.54) is 20.0 Å². The van der Waals surface area contributed by atoms with Crippen LogP contribution in [0.2, 0.25) is 0 Å². The highest BCUT2D eigenvalue weighted by Gasteiger charge is 2.06. The van der Waals surface area contributed by atoms with Crippen LogP contribution in [0.1, 0.15) is 40.0 Å². The number of hydrogen-bond acceptors (Lipinski definition) is 4. The monoisotopic (exact) mass is 193 g/mol. The van der Waals surface area contributed by atoms with Crippen LogP contribution in [-0.2, 0) is 9.57 Å². The van der Waals surface area contributed by atoms with Crippen molar-refractivity contribution >= 4 is 0 Å². The molecule has 0 radical (unpaired) electrons. The Bertz CT molecular complexity index is 87.4. The molecule has 13 heavy (non-hydrogen) atoms. The van der Waals surface area contributed by atoms with E-state index < -0.39 is 5.79 Å². The van der Waals surface area contributed by atoms with Gasteiger partial charge in [-0.05, 0) is 20.3 Å². The minimum atomic E-state index is -0.958. The van der Waals surface area contributed by atoms with Crippen molar-refractivity contribution in [2.24, 2.45) is 5.90 Å². The molecule has 3 N–H and O–H groups in total. The van der Waals surface area contributed by atoms with Crippen molar-refractivity contribution in [2.75, 3.05) is 13.7 Å². The van der Waals surface area contributed by atoms with Crippen LogP contribution in [0.25, 0.3) is 0 Å². The molecule has 0 atom stereocenters. The van der Waals surface area contributed by atoms with Crippen molar-refractivity contribution in [3.8, 4) is 0 Å². The fourth-order valence-corrected chi connectivity index (χ4v) is 0.435. The molecule has 0 aromatic heterocycles. The van der Waals surface area contributed by atoms with E-state index in [0.717, 1.165) is 6.42 Å². The standard InChI is InChI=1S/C5H13NO.C4H10O2/c1-2-3-4-5-7-6;1-4(2,5)6-3/h2-6H2,1H3;5H,1-3H3. The molecular formula is C9H23NO3. The Morgan fingerprint density at radius 3 is 2.00 bits per heavy atom. The van der Waals surface area contributed by atoms with Crippen molar-refractivity contribution in [3.63, 3.8) is 0 Å². The summed E-state index contributed by atoms with van der Waals surface area (Å²) >= 11 is 0. The summed E-state index contributed by atoms with van der Waals surface area (Å²) < 4.78 is 4.49. The van der Waals surface area contributed by atoms with Gasteiger partial charge in [0.15, 0.2) is 5.79 Å². The number of ether oxygens (including phenoxy) is 1. The van der Waals surface area contributed by atoms with E-state index in [4.69, 9.17) is 11.0 Å². The number of unbranched alkanes of at least 4 members (excludes halogenated alkanes) is 2. The highest BCUT2D eigenvalue weighted by Crippen LogP contribution is 1.97. The summed E-state index contributed by atoms with van der Waals surface area (Å²) in [6, 6.07) is 0.